The number of hydrogen-bond acceptors (Lipinski definition) is 2. The van der Waals surface area contributed by atoms with Crippen LogP contribution in [0.15, 0.2) is 42.5 Å². The fourth-order valence-corrected chi connectivity index (χ4v) is 4.45. The SMILES string of the molecule is Cc1ccc(CN(C(=O)Cc2ccc(Cl)cc2Cl)[C@H](C)C(=O)NC2CCCCC2)cc1. The Labute approximate surface area is 194 Å². The zero-order valence-corrected chi connectivity index (χ0v) is 19.7. The summed E-state index contributed by atoms with van der Waals surface area (Å²) in [7, 11) is 0. The van der Waals surface area contributed by atoms with Crippen molar-refractivity contribution in [2.45, 2.75) is 71.0 Å². The van der Waals surface area contributed by atoms with Gasteiger partial charge in [-0.25, -0.2) is 0 Å². The van der Waals surface area contributed by atoms with E-state index in [4.69, 9.17) is 23.2 Å². The minimum absolute atomic E-state index is 0.102. The number of carbonyl (C=O) groups is 2. The number of nitrogens with zero attached hydrogens (tertiary/aromatic N) is 1. The van der Waals surface area contributed by atoms with Crippen molar-refractivity contribution in [1.82, 2.24) is 10.2 Å². The van der Waals surface area contributed by atoms with Gasteiger partial charge in [0.2, 0.25) is 11.8 Å². The zero-order chi connectivity index (χ0) is 22.4. The van der Waals surface area contributed by atoms with Crippen LogP contribution in [0.4, 0.5) is 0 Å². The lowest BCUT2D eigenvalue weighted by Gasteiger charge is -2.31. The van der Waals surface area contributed by atoms with E-state index in [1.54, 1.807) is 30.0 Å². The molecule has 1 atom stereocenters. The van der Waals surface area contributed by atoms with Gasteiger partial charge in [-0.1, -0.05) is 78.4 Å². The molecule has 4 nitrogen and oxygen atoms in total. The Morgan fingerprint density at radius 1 is 1.06 bits per heavy atom. The van der Waals surface area contributed by atoms with Crippen LogP contribution < -0.4 is 5.32 Å². The summed E-state index contributed by atoms with van der Waals surface area (Å²) < 4.78 is 0. The van der Waals surface area contributed by atoms with Crippen LogP contribution >= 0.6 is 23.2 Å². The molecule has 31 heavy (non-hydrogen) atoms. The van der Waals surface area contributed by atoms with Gasteiger partial charge in [0.1, 0.15) is 6.04 Å². The molecular formula is C25H30Cl2N2O2. The first-order chi connectivity index (χ1) is 14.8. The molecule has 166 valence electrons. The zero-order valence-electron chi connectivity index (χ0n) is 18.2. The van der Waals surface area contributed by atoms with Crippen molar-refractivity contribution in [2.24, 2.45) is 0 Å². The highest BCUT2D eigenvalue weighted by Crippen LogP contribution is 2.23. The molecule has 0 aliphatic heterocycles. The van der Waals surface area contributed by atoms with Crippen LogP contribution in [0.1, 0.15) is 55.7 Å². The minimum atomic E-state index is -0.582. The Morgan fingerprint density at radius 2 is 1.74 bits per heavy atom. The van der Waals surface area contributed by atoms with Gasteiger partial charge in [-0.3, -0.25) is 9.59 Å². The number of amides is 2. The maximum atomic E-state index is 13.3. The quantitative estimate of drug-likeness (QED) is 0.574. The molecule has 0 bridgehead atoms. The van der Waals surface area contributed by atoms with Gasteiger partial charge in [-0.05, 0) is 49.9 Å². The Kier molecular flexibility index (Phi) is 8.39. The van der Waals surface area contributed by atoms with E-state index in [0.29, 0.717) is 22.2 Å². The molecule has 3 rings (SSSR count). The van der Waals surface area contributed by atoms with Gasteiger partial charge in [0.05, 0.1) is 6.42 Å². The van der Waals surface area contributed by atoms with Crippen LogP contribution in [0.3, 0.4) is 0 Å². The Hall–Kier alpha value is -2.04. The lowest BCUT2D eigenvalue weighted by Crippen LogP contribution is -2.50. The molecule has 2 aromatic carbocycles. The molecule has 6 heteroatoms. The van der Waals surface area contributed by atoms with Crippen molar-refractivity contribution < 1.29 is 9.59 Å². The van der Waals surface area contributed by atoms with Crippen molar-refractivity contribution in [3.63, 3.8) is 0 Å². The van der Waals surface area contributed by atoms with E-state index in [9.17, 15) is 9.59 Å². The second kappa shape index (κ2) is 11.0. The largest absolute Gasteiger partial charge is 0.352 e. The molecule has 1 N–H and O–H groups in total. The van der Waals surface area contributed by atoms with Gasteiger partial charge in [0, 0.05) is 22.6 Å². The summed E-state index contributed by atoms with van der Waals surface area (Å²) in [5.41, 5.74) is 2.83. The van der Waals surface area contributed by atoms with E-state index in [1.807, 2.05) is 31.2 Å². The average molecular weight is 461 g/mol. The molecule has 0 unspecified atom stereocenters. The second-order valence-corrected chi connectivity index (χ2v) is 9.28. The van der Waals surface area contributed by atoms with Gasteiger partial charge >= 0.3 is 0 Å². The first-order valence-electron chi connectivity index (χ1n) is 10.9. The van der Waals surface area contributed by atoms with Crippen molar-refractivity contribution >= 4 is 35.0 Å². The van der Waals surface area contributed by atoms with Crippen LogP contribution in [0, 0.1) is 6.92 Å². The molecule has 0 saturated heterocycles. The highest BCUT2D eigenvalue weighted by atomic mass is 35.5. The highest BCUT2D eigenvalue weighted by Gasteiger charge is 2.28. The Balaban J connectivity index is 1.77. The molecule has 0 aromatic heterocycles. The summed E-state index contributed by atoms with van der Waals surface area (Å²) in [6.07, 6.45) is 5.63. The third-order valence-electron chi connectivity index (χ3n) is 5.95. The summed E-state index contributed by atoms with van der Waals surface area (Å²) in [6.45, 7) is 4.19. The molecule has 1 aliphatic carbocycles. The topological polar surface area (TPSA) is 49.4 Å². The van der Waals surface area contributed by atoms with E-state index in [-0.39, 0.29) is 24.3 Å². The smallest absolute Gasteiger partial charge is 0.242 e. The van der Waals surface area contributed by atoms with E-state index >= 15 is 0 Å². The summed E-state index contributed by atoms with van der Waals surface area (Å²) in [6, 6.07) is 12.8. The fraction of sp³-hybridized carbons (Fsp3) is 0.440. The third kappa shape index (κ3) is 6.72. The molecule has 0 spiro atoms. The summed E-state index contributed by atoms with van der Waals surface area (Å²) in [5.74, 6) is -0.245. The number of rotatable bonds is 7. The van der Waals surface area contributed by atoms with Crippen molar-refractivity contribution in [3.05, 3.63) is 69.2 Å². The van der Waals surface area contributed by atoms with Crippen molar-refractivity contribution in [2.75, 3.05) is 0 Å². The van der Waals surface area contributed by atoms with Gasteiger partial charge in [-0.2, -0.15) is 0 Å². The monoisotopic (exact) mass is 460 g/mol. The predicted molar refractivity (Wildman–Crippen MR) is 126 cm³/mol. The number of aryl methyl sites for hydroxylation is 1. The normalized spacial score (nSPS) is 15.4. The third-order valence-corrected chi connectivity index (χ3v) is 6.54. The minimum Gasteiger partial charge on any atom is -0.352 e. The van der Waals surface area contributed by atoms with Crippen LogP contribution in [0.5, 0.6) is 0 Å². The maximum absolute atomic E-state index is 13.3. The summed E-state index contributed by atoms with van der Waals surface area (Å²) >= 11 is 12.3. The van der Waals surface area contributed by atoms with Crippen LogP contribution in [-0.4, -0.2) is 28.8 Å². The standard InChI is InChI=1S/C25H30Cl2N2O2/c1-17-8-10-19(11-9-17)16-29(18(2)25(31)28-22-6-4-3-5-7-22)24(30)14-20-12-13-21(26)15-23(20)27/h8-13,15,18,22H,3-7,14,16H2,1-2H3,(H,28,31)/t18-/m1/s1. The first-order valence-corrected chi connectivity index (χ1v) is 11.7. The first kappa shape index (κ1) is 23.6. The van der Waals surface area contributed by atoms with Crippen LogP contribution in [0.25, 0.3) is 0 Å². The number of nitrogens with one attached hydrogen (secondary N) is 1. The lowest BCUT2D eigenvalue weighted by molar-refractivity contribution is -0.140. The van der Waals surface area contributed by atoms with E-state index in [0.717, 1.165) is 36.8 Å². The summed E-state index contributed by atoms with van der Waals surface area (Å²) in [4.78, 5) is 28.0. The predicted octanol–water partition coefficient (Wildman–Crippen LogP) is 5.71. The highest BCUT2D eigenvalue weighted by molar-refractivity contribution is 6.35. The lowest BCUT2D eigenvalue weighted by atomic mass is 9.95. The summed E-state index contributed by atoms with van der Waals surface area (Å²) in [5, 5.41) is 4.14. The van der Waals surface area contributed by atoms with Crippen molar-refractivity contribution in [1.29, 1.82) is 0 Å². The molecule has 1 fully saturated rings. The number of halogens is 2. The Morgan fingerprint density at radius 3 is 2.39 bits per heavy atom. The molecular weight excluding hydrogens is 431 g/mol. The molecule has 1 aliphatic rings. The van der Waals surface area contributed by atoms with Gasteiger partial charge in [-0.15, -0.1) is 0 Å². The van der Waals surface area contributed by atoms with Crippen LogP contribution in [0.2, 0.25) is 10.0 Å². The maximum Gasteiger partial charge on any atom is 0.242 e. The number of carbonyl (C=O) groups excluding carboxylic acids is 2. The molecule has 0 heterocycles. The molecule has 1 saturated carbocycles. The average Bonchev–Trinajstić information content (AvgIpc) is 2.75. The van der Waals surface area contributed by atoms with E-state index in [1.165, 1.54) is 6.42 Å². The number of hydrogen-bond donors (Lipinski definition) is 1. The van der Waals surface area contributed by atoms with Crippen molar-refractivity contribution in [3.8, 4) is 0 Å². The van der Waals surface area contributed by atoms with Gasteiger partial charge in [0.25, 0.3) is 0 Å². The molecule has 2 aromatic rings. The van der Waals surface area contributed by atoms with Gasteiger partial charge < -0.3 is 10.2 Å². The Bertz CT molecular complexity index is 908. The number of benzene rings is 2. The fourth-order valence-electron chi connectivity index (χ4n) is 3.97. The molecule has 0 radical (unpaired) electrons. The van der Waals surface area contributed by atoms with Gasteiger partial charge in [0.15, 0.2) is 0 Å². The van der Waals surface area contributed by atoms with E-state index < -0.39 is 6.04 Å². The second-order valence-electron chi connectivity index (χ2n) is 8.44. The molecule has 2 amide bonds. The van der Waals surface area contributed by atoms with E-state index in [2.05, 4.69) is 5.32 Å². The van der Waals surface area contributed by atoms with Crippen LogP contribution in [-0.2, 0) is 22.6 Å².